The predicted octanol–water partition coefficient (Wildman–Crippen LogP) is 2.67. The van der Waals surface area contributed by atoms with Crippen LogP contribution in [0.3, 0.4) is 0 Å². The number of hydrogen-bond acceptors (Lipinski definition) is 2. The molecule has 0 unspecified atom stereocenters. The van der Waals surface area contributed by atoms with Crippen LogP contribution in [0.1, 0.15) is 34.1 Å². The second-order valence-corrected chi connectivity index (χ2v) is 3.22. The highest BCUT2D eigenvalue weighted by Crippen LogP contribution is 1.98. The molecule has 74 valence electrons. The van der Waals surface area contributed by atoms with Crippen LogP contribution in [-0.2, 0) is 0 Å². The summed E-state index contributed by atoms with van der Waals surface area (Å²) in [6.45, 7) is 8.93. The van der Waals surface area contributed by atoms with Gasteiger partial charge in [0.05, 0.1) is 0 Å². The SMILES string of the molecule is CCCN=C(C)C=CC(C)=C(C)N. The molecule has 2 nitrogen and oxygen atoms in total. The Morgan fingerprint density at radius 3 is 2.31 bits per heavy atom. The Morgan fingerprint density at radius 1 is 1.23 bits per heavy atom. The number of allylic oxidation sites excluding steroid dienone is 4. The lowest BCUT2D eigenvalue weighted by Gasteiger charge is -1.96. The molecule has 0 saturated heterocycles. The fourth-order valence-electron chi connectivity index (χ4n) is 0.718. The zero-order valence-corrected chi connectivity index (χ0v) is 9.09. The first kappa shape index (κ1) is 11.9. The molecule has 0 radical (unpaired) electrons. The number of nitrogens with two attached hydrogens (primary N) is 1. The van der Waals surface area contributed by atoms with Crippen molar-refractivity contribution in [3.8, 4) is 0 Å². The minimum atomic E-state index is 0.861. The Labute approximate surface area is 81.2 Å². The lowest BCUT2D eigenvalue weighted by atomic mass is 10.2. The maximum Gasteiger partial charge on any atom is 0.0389 e. The van der Waals surface area contributed by atoms with Crippen molar-refractivity contribution in [2.45, 2.75) is 34.1 Å². The van der Waals surface area contributed by atoms with Gasteiger partial charge in [0.2, 0.25) is 0 Å². The largest absolute Gasteiger partial charge is 0.402 e. The standard InChI is InChI=1S/C11H20N2/c1-5-8-13-10(3)7-6-9(2)11(4)12/h6-7H,5,8,12H2,1-4H3. The molecule has 2 N–H and O–H groups in total. The van der Waals surface area contributed by atoms with Crippen LogP contribution in [-0.4, -0.2) is 12.3 Å². The summed E-state index contributed by atoms with van der Waals surface area (Å²) in [5.41, 5.74) is 8.63. The minimum absolute atomic E-state index is 0.861. The van der Waals surface area contributed by atoms with Crippen LogP contribution in [0.5, 0.6) is 0 Å². The zero-order valence-electron chi connectivity index (χ0n) is 9.09. The van der Waals surface area contributed by atoms with E-state index in [0.29, 0.717) is 0 Å². The molecular formula is C11H20N2. The smallest absolute Gasteiger partial charge is 0.0389 e. The number of nitrogens with zero attached hydrogens (tertiary/aromatic N) is 1. The third-order valence-corrected chi connectivity index (χ3v) is 1.78. The molecule has 0 spiro atoms. The van der Waals surface area contributed by atoms with Gasteiger partial charge in [-0.25, -0.2) is 0 Å². The van der Waals surface area contributed by atoms with E-state index >= 15 is 0 Å². The van der Waals surface area contributed by atoms with Crippen molar-refractivity contribution >= 4 is 5.71 Å². The second kappa shape index (κ2) is 6.46. The Morgan fingerprint density at radius 2 is 1.85 bits per heavy atom. The van der Waals surface area contributed by atoms with Gasteiger partial charge in [-0.1, -0.05) is 13.0 Å². The molecular weight excluding hydrogens is 160 g/mol. The molecule has 0 aliphatic carbocycles. The quantitative estimate of drug-likeness (QED) is 0.524. The van der Waals surface area contributed by atoms with Crippen molar-refractivity contribution in [1.82, 2.24) is 0 Å². The van der Waals surface area contributed by atoms with Crippen LogP contribution >= 0.6 is 0 Å². The molecule has 0 aliphatic rings. The van der Waals surface area contributed by atoms with E-state index in [4.69, 9.17) is 5.73 Å². The summed E-state index contributed by atoms with van der Waals surface area (Å²) >= 11 is 0. The van der Waals surface area contributed by atoms with Gasteiger partial charge >= 0.3 is 0 Å². The van der Waals surface area contributed by atoms with Gasteiger partial charge < -0.3 is 5.73 Å². The fraction of sp³-hybridized carbons (Fsp3) is 0.545. The van der Waals surface area contributed by atoms with E-state index < -0.39 is 0 Å². The van der Waals surface area contributed by atoms with E-state index in [1.54, 1.807) is 0 Å². The predicted molar refractivity (Wildman–Crippen MR) is 60.0 cm³/mol. The Kier molecular flexibility index (Phi) is 5.94. The maximum atomic E-state index is 5.61. The van der Waals surface area contributed by atoms with Gasteiger partial charge in [-0.05, 0) is 38.8 Å². The summed E-state index contributed by atoms with van der Waals surface area (Å²) in [6.07, 6.45) is 5.10. The summed E-state index contributed by atoms with van der Waals surface area (Å²) in [5.74, 6) is 0. The average molecular weight is 180 g/mol. The molecule has 0 aliphatic heterocycles. The highest BCUT2D eigenvalue weighted by Gasteiger charge is 1.87. The topological polar surface area (TPSA) is 38.4 Å². The van der Waals surface area contributed by atoms with E-state index in [1.807, 2.05) is 32.9 Å². The Bertz CT molecular complexity index is 230. The minimum Gasteiger partial charge on any atom is -0.402 e. The van der Waals surface area contributed by atoms with Crippen molar-refractivity contribution in [2.75, 3.05) is 6.54 Å². The molecule has 0 saturated carbocycles. The van der Waals surface area contributed by atoms with E-state index in [9.17, 15) is 0 Å². The fourth-order valence-corrected chi connectivity index (χ4v) is 0.718. The molecule has 0 atom stereocenters. The molecule has 2 heteroatoms. The molecule has 0 fully saturated rings. The highest BCUT2D eigenvalue weighted by atomic mass is 14.7. The number of rotatable bonds is 4. The molecule has 0 aromatic rings. The van der Waals surface area contributed by atoms with Gasteiger partial charge in [-0.3, -0.25) is 4.99 Å². The molecule has 13 heavy (non-hydrogen) atoms. The monoisotopic (exact) mass is 180 g/mol. The summed E-state index contributed by atoms with van der Waals surface area (Å²) in [5, 5.41) is 0. The summed E-state index contributed by atoms with van der Waals surface area (Å²) in [7, 11) is 0. The van der Waals surface area contributed by atoms with Gasteiger partial charge in [0, 0.05) is 18.0 Å². The van der Waals surface area contributed by atoms with Gasteiger partial charge in [0.15, 0.2) is 0 Å². The van der Waals surface area contributed by atoms with E-state index in [-0.39, 0.29) is 0 Å². The van der Waals surface area contributed by atoms with Crippen molar-refractivity contribution in [1.29, 1.82) is 0 Å². The van der Waals surface area contributed by atoms with Gasteiger partial charge in [-0.2, -0.15) is 0 Å². The van der Waals surface area contributed by atoms with Crippen LogP contribution in [0.4, 0.5) is 0 Å². The van der Waals surface area contributed by atoms with Gasteiger partial charge in [-0.15, -0.1) is 0 Å². The van der Waals surface area contributed by atoms with E-state index in [2.05, 4.69) is 11.9 Å². The van der Waals surface area contributed by atoms with Crippen molar-refractivity contribution in [2.24, 2.45) is 10.7 Å². The van der Waals surface area contributed by atoms with Gasteiger partial charge in [0.1, 0.15) is 0 Å². The van der Waals surface area contributed by atoms with Crippen molar-refractivity contribution in [3.05, 3.63) is 23.4 Å². The molecule has 0 aromatic carbocycles. The molecule has 0 aromatic heterocycles. The average Bonchev–Trinajstić information content (AvgIpc) is 2.10. The first-order valence-corrected chi connectivity index (χ1v) is 4.70. The molecule has 0 bridgehead atoms. The lowest BCUT2D eigenvalue weighted by molar-refractivity contribution is 0.932. The maximum absolute atomic E-state index is 5.61. The Balaban J connectivity index is 4.20. The van der Waals surface area contributed by atoms with Crippen LogP contribution in [0, 0.1) is 0 Å². The Hall–Kier alpha value is -1.05. The summed E-state index contributed by atoms with van der Waals surface area (Å²) in [4.78, 5) is 4.34. The van der Waals surface area contributed by atoms with E-state index in [1.165, 1.54) is 0 Å². The first-order chi connectivity index (χ1) is 6.07. The number of aliphatic imine (C=N–C) groups is 1. The lowest BCUT2D eigenvalue weighted by Crippen LogP contribution is -1.94. The second-order valence-electron chi connectivity index (χ2n) is 3.22. The van der Waals surface area contributed by atoms with E-state index in [0.717, 1.165) is 29.9 Å². The van der Waals surface area contributed by atoms with Crippen molar-refractivity contribution in [3.63, 3.8) is 0 Å². The zero-order chi connectivity index (χ0) is 10.3. The van der Waals surface area contributed by atoms with Crippen LogP contribution < -0.4 is 5.73 Å². The molecule has 0 amide bonds. The van der Waals surface area contributed by atoms with Gasteiger partial charge in [0.25, 0.3) is 0 Å². The molecule has 0 rings (SSSR count). The first-order valence-electron chi connectivity index (χ1n) is 4.70. The normalized spacial score (nSPS) is 14.9. The van der Waals surface area contributed by atoms with Crippen LogP contribution in [0.2, 0.25) is 0 Å². The summed E-state index contributed by atoms with van der Waals surface area (Å²) < 4.78 is 0. The summed E-state index contributed by atoms with van der Waals surface area (Å²) in [6, 6.07) is 0. The van der Waals surface area contributed by atoms with Crippen LogP contribution in [0.15, 0.2) is 28.4 Å². The highest BCUT2D eigenvalue weighted by molar-refractivity contribution is 5.93. The number of hydrogen-bond donors (Lipinski definition) is 1. The molecule has 0 heterocycles. The third kappa shape index (κ3) is 6.14. The van der Waals surface area contributed by atoms with Crippen LogP contribution in [0.25, 0.3) is 0 Å². The third-order valence-electron chi connectivity index (χ3n) is 1.78. The van der Waals surface area contributed by atoms with Crippen molar-refractivity contribution < 1.29 is 0 Å².